The van der Waals surface area contributed by atoms with Crippen LogP contribution in [0.4, 0.5) is 11.5 Å². The number of hydrogen-bond donors (Lipinski definition) is 2. The Labute approximate surface area is 166 Å². The molecule has 3 heterocycles. The molecule has 1 amide bonds. The summed E-state index contributed by atoms with van der Waals surface area (Å²) in [4.78, 5) is 16.5. The molecule has 0 saturated carbocycles. The number of carbonyl (C=O) groups excluding carboxylic acids is 1. The summed E-state index contributed by atoms with van der Waals surface area (Å²) in [6.07, 6.45) is 0.501. The minimum Gasteiger partial charge on any atom is -0.379 e. The minimum atomic E-state index is -0.666. The zero-order chi connectivity index (χ0) is 20.1. The van der Waals surface area contributed by atoms with Gasteiger partial charge in [-0.15, -0.1) is 10.2 Å². The van der Waals surface area contributed by atoms with Crippen LogP contribution < -0.4 is 11.1 Å². The maximum absolute atomic E-state index is 13.0. The van der Waals surface area contributed by atoms with Gasteiger partial charge in [0.2, 0.25) is 5.82 Å². The molecule has 1 unspecified atom stereocenters. The summed E-state index contributed by atoms with van der Waals surface area (Å²) in [7, 11) is 0. The van der Waals surface area contributed by atoms with Gasteiger partial charge in [-0.1, -0.05) is 18.2 Å². The molecule has 0 spiro atoms. The van der Waals surface area contributed by atoms with Crippen LogP contribution in [-0.2, 0) is 9.53 Å². The fraction of sp³-hybridized carbons (Fsp3) is 0.412. The molecule has 152 valence electrons. The monoisotopic (exact) mass is 399 g/mol. The lowest BCUT2D eigenvalue weighted by Crippen LogP contribution is -2.39. The van der Waals surface area contributed by atoms with Gasteiger partial charge in [0.25, 0.3) is 5.91 Å². The van der Waals surface area contributed by atoms with Crippen LogP contribution in [-0.4, -0.2) is 74.2 Å². The largest absolute Gasteiger partial charge is 0.379 e. The highest BCUT2D eigenvalue weighted by molar-refractivity contribution is 5.93. The van der Waals surface area contributed by atoms with E-state index in [1.807, 2.05) is 30.3 Å². The standard InChI is InChI=1S/C17H21N9O3/c18-15-14(22-29-23-15)16-20-24-26(21-16)13(6-7-25-8-10-28-11-9-25)17(27)19-12-4-2-1-3-5-12/h1-5,13H,6-11H2,(H2,18,23)(H,19,27). The number of tetrazole rings is 1. The summed E-state index contributed by atoms with van der Waals surface area (Å²) in [5, 5.41) is 22.4. The van der Waals surface area contributed by atoms with Crippen molar-refractivity contribution in [3.8, 4) is 11.5 Å². The van der Waals surface area contributed by atoms with E-state index in [1.165, 1.54) is 4.80 Å². The molecule has 1 atom stereocenters. The molecule has 0 bridgehead atoms. The number of hydrogen-bond acceptors (Lipinski definition) is 10. The number of nitrogens with one attached hydrogen (secondary N) is 1. The first-order valence-corrected chi connectivity index (χ1v) is 9.24. The number of rotatable bonds is 7. The highest BCUT2D eigenvalue weighted by Gasteiger charge is 2.26. The number of nitrogen functional groups attached to an aromatic ring is 1. The first-order chi connectivity index (χ1) is 14.2. The molecule has 1 aromatic carbocycles. The average Bonchev–Trinajstić information content (AvgIpc) is 3.39. The van der Waals surface area contributed by atoms with Crippen LogP contribution in [0.3, 0.4) is 0 Å². The number of benzene rings is 1. The van der Waals surface area contributed by atoms with Crippen molar-refractivity contribution in [2.24, 2.45) is 0 Å². The number of nitrogens with two attached hydrogens (primary N) is 1. The third kappa shape index (κ3) is 4.55. The Morgan fingerprint density at radius 1 is 1.21 bits per heavy atom. The predicted molar refractivity (Wildman–Crippen MR) is 102 cm³/mol. The van der Waals surface area contributed by atoms with Crippen molar-refractivity contribution in [2.45, 2.75) is 12.5 Å². The third-order valence-corrected chi connectivity index (χ3v) is 4.60. The van der Waals surface area contributed by atoms with Gasteiger partial charge in [0.05, 0.1) is 13.2 Å². The first-order valence-electron chi connectivity index (χ1n) is 9.24. The van der Waals surface area contributed by atoms with Crippen molar-refractivity contribution in [2.75, 3.05) is 43.9 Å². The fourth-order valence-electron chi connectivity index (χ4n) is 3.03. The van der Waals surface area contributed by atoms with Gasteiger partial charge >= 0.3 is 0 Å². The van der Waals surface area contributed by atoms with Crippen LogP contribution in [0.1, 0.15) is 12.5 Å². The lowest BCUT2D eigenvalue weighted by molar-refractivity contribution is -0.120. The van der Waals surface area contributed by atoms with Crippen molar-refractivity contribution in [3.05, 3.63) is 30.3 Å². The Morgan fingerprint density at radius 3 is 2.72 bits per heavy atom. The number of carbonyl (C=O) groups is 1. The zero-order valence-corrected chi connectivity index (χ0v) is 15.6. The molecular formula is C17H21N9O3. The average molecular weight is 399 g/mol. The minimum absolute atomic E-state index is 0.0585. The Bertz CT molecular complexity index is 937. The summed E-state index contributed by atoms with van der Waals surface area (Å²) in [6, 6.07) is 8.56. The summed E-state index contributed by atoms with van der Waals surface area (Å²) < 4.78 is 9.96. The second kappa shape index (κ2) is 8.75. The number of ether oxygens (including phenoxy) is 1. The molecule has 0 aliphatic carbocycles. The van der Waals surface area contributed by atoms with Crippen LogP contribution in [0.5, 0.6) is 0 Å². The Hall–Kier alpha value is -3.38. The van der Waals surface area contributed by atoms with E-state index in [2.05, 4.69) is 40.6 Å². The lowest BCUT2D eigenvalue weighted by atomic mass is 10.1. The first kappa shape index (κ1) is 19.0. The predicted octanol–water partition coefficient (Wildman–Crippen LogP) is 0.207. The van der Waals surface area contributed by atoms with E-state index in [9.17, 15) is 4.79 Å². The molecule has 3 N–H and O–H groups in total. The van der Waals surface area contributed by atoms with Gasteiger partial charge in [-0.25, -0.2) is 4.63 Å². The Morgan fingerprint density at radius 2 is 2.00 bits per heavy atom. The van der Waals surface area contributed by atoms with E-state index in [1.54, 1.807) is 0 Å². The van der Waals surface area contributed by atoms with Gasteiger partial charge in [0, 0.05) is 25.3 Å². The van der Waals surface area contributed by atoms with E-state index >= 15 is 0 Å². The second-order valence-electron chi connectivity index (χ2n) is 6.55. The van der Waals surface area contributed by atoms with E-state index in [4.69, 9.17) is 10.5 Å². The molecular weight excluding hydrogens is 378 g/mol. The van der Waals surface area contributed by atoms with Crippen molar-refractivity contribution in [3.63, 3.8) is 0 Å². The summed E-state index contributed by atoms with van der Waals surface area (Å²) in [6.45, 7) is 3.71. The molecule has 1 aliphatic heterocycles. The topological polar surface area (TPSA) is 150 Å². The lowest BCUT2D eigenvalue weighted by Gasteiger charge is -2.27. The fourth-order valence-corrected chi connectivity index (χ4v) is 3.03. The molecule has 0 radical (unpaired) electrons. The molecule has 2 aromatic heterocycles. The molecule has 1 fully saturated rings. The smallest absolute Gasteiger partial charge is 0.251 e. The molecule has 1 saturated heterocycles. The van der Waals surface area contributed by atoms with E-state index in [-0.39, 0.29) is 23.2 Å². The van der Waals surface area contributed by atoms with E-state index in [0.29, 0.717) is 31.9 Å². The number of para-hydroxylation sites is 1. The van der Waals surface area contributed by atoms with E-state index in [0.717, 1.165) is 13.1 Å². The number of nitrogens with zero attached hydrogens (tertiary/aromatic N) is 7. The van der Waals surface area contributed by atoms with Crippen molar-refractivity contribution < 1.29 is 14.2 Å². The molecule has 12 heteroatoms. The summed E-state index contributed by atoms with van der Waals surface area (Å²) in [5.41, 5.74) is 6.57. The highest BCUT2D eigenvalue weighted by Crippen LogP contribution is 2.20. The summed E-state index contributed by atoms with van der Waals surface area (Å²) >= 11 is 0. The van der Waals surface area contributed by atoms with Gasteiger partial charge in [-0.05, 0) is 34.1 Å². The van der Waals surface area contributed by atoms with Crippen LogP contribution in [0, 0.1) is 0 Å². The SMILES string of the molecule is Nc1nonc1-c1nnn(C(CCN2CCOCC2)C(=O)Nc2ccccc2)n1. The van der Waals surface area contributed by atoms with Crippen molar-refractivity contribution in [1.82, 2.24) is 35.4 Å². The second-order valence-corrected chi connectivity index (χ2v) is 6.55. The van der Waals surface area contributed by atoms with Crippen LogP contribution >= 0.6 is 0 Å². The maximum Gasteiger partial charge on any atom is 0.251 e. The molecule has 29 heavy (non-hydrogen) atoms. The molecule has 1 aliphatic rings. The number of morpholine rings is 1. The third-order valence-electron chi connectivity index (χ3n) is 4.60. The Kier molecular flexibility index (Phi) is 5.72. The van der Waals surface area contributed by atoms with Gasteiger partial charge in [-0.2, -0.15) is 4.80 Å². The van der Waals surface area contributed by atoms with Gasteiger partial charge < -0.3 is 15.8 Å². The van der Waals surface area contributed by atoms with Gasteiger partial charge in [-0.3, -0.25) is 9.69 Å². The molecule has 3 aromatic rings. The number of aromatic nitrogens is 6. The maximum atomic E-state index is 13.0. The molecule has 4 rings (SSSR count). The number of anilines is 2. The van der Waals surface area contributed by atoms with Crippen LogP contribution in [0.25, 0.3) is 11.5 Å². The van der Waals surface area contributed by atoms with Crippen molar-refractivity contribution >= 4 is 17.4 Å². The normalized spacial score (nSPS) is 15.9. The quantitative estimate of drug-likeness (QED) is 0.564. The van der Waals surface area contributed by atoms with Gasteiger partial charge in [0.1, 0.15) is 0 Å². The molecule has 12 nitrogen and oxygen atoms in total. The number of amides is 1. The Balaban J connectivity index is 1.53. The van der Waals surface area contributed by atoms with Crippen molar-refractivity contribution in [1.29, 1.82) is 0 Å². The summed E-state index contributed by atoms with van der Waals surface area (Å²) in [5.74, 6) is -0.0320. The highest BCUT2D eigenvalue weighted by atomic mass is 16.6. The van der Waals surface area contributed by atoms with Gasteiger partial charge in [0.15, 0.2) is 17.6 Å². The van der Waals surface area contributed by atoms with E-state index < -0.39 is 6.04 Å². The van der Waals surface area contributed by atoms with Crippen LogP contribution in [0.15, 0.2) is 35.0 Å². The zero-order valence-electron chi connectivity index (χ0n) is 15.6. The van der Waals surface area contributed by atoms with Crippen LogP contribution in [0.2, 0.25) is 0 Å².